The Bertz CT molecular complexity index is 932. The van der Waals surface area contributed by atoms with Gasteiger partial charge < -0.3 is 5.11 Å². The number of aliphatic hydroxyl groups excluding tert-OH is 1. The van der Waals surface area contributed by atoms with Crippen molar-refractivity contribution in [3.05, 3.63) is 68.8 Å². The van der Waals surface area contributed by atoms with Crippen molar-refractivity contribution in [2.75, 3.05) is 17.3 Å². The van der Waals surface area contributed by atoms with Crippen LogP contribution in [0.4, 0.5) is 10.1 Å². The smallest absolute Gasteiger partial charge is 0.272 e. The molecule has 0 aliphatic carbocycles. The van der Waals surface area contributed by atoms with Crippen LogP contribution in [0.1, 0.15) is 5.56 Å². The fourth-order valence-electron chi connectivity index (χ4n) is 2.57. The third kappa shape index (κ3) is 3.38. The van der Waals surface area contributed by atoms with Crippen LogP contribution in [0.3, 0.4) is 0 Å². The quantitative estimate of drug-likeness (QED) is 0.750. The number of thioether (sulfide) groups is 1. The van der Waals surface area contributed by atoms with Crippen LogP contribution in [0.15, 0.2) is 47.4 Å². The number of carbonyl (C=O) groups excluding carboxylic acids is 2. The number of amides is 2. The van der Waals surface area contributed by atoms with E-state index in [-0.39, 0.29) is 33.5 Å². The first kappa shape index (κ1) is 18.9. The number of hydrogen-bond donors (Lipinski definition) is 1. The summed E-state index contributed by atoms with van der Waals surface area (Å²) in [5.41, 5.74) is 0.261. The molecule has 0 unspecified atom stereocenters. The molecule has 2 aromatic carbocycles. The van der Waals surface area contributed by atoms with Gasteiger partial charge in [-0.1, -0.05) is 41.4 Å². The van der Waals surface area contributed by atoms with Gasteiger partial charge in [0, 0.05) is 16.3 Å². The summed E-state index contributed by atoms with van der Waals surface area (Å²) in [4.78, 5) is 26.7. The van der Waals surface area contributed by atoms with Gasteiger partial charge in [-0.3, -0.25) is 9.59 Å². The standard InChI is InChI=1S/C18H12Cl2FNO3S/c19-10-5-6-11(12(20)9-10)15-16(26-8-7-23)18(25)22(17(15)24)14-4-2-1-3-13(14)21/h1-6,9,23H,7-8H2. The minimum Gasteiger partial charge on any atom is -0.396 e. The summed E-state index contributed by atoms with van der Waals surface area (Å²) in [6.07, 6.45) is 0. The number of anilines is 1. The van der Waals surface area contributed by atoms with E-state index in [0.717, 1.165) is 16.7 Å². The van der Waals surface area contributed by atoms with E-state index in [9.17, 15) is 14.0 Å². The maximum Gasteiger partial charge on any atom is 0.272 e. The van der Waals surface area contributed by atoms with Gasteiger partial charge in [0.1, 0.15) is 5.82 Å². The van der Waals surface area contributed by atoms with E-state index in [2.05, 4.69) is 0 Å². The number of hydrogen-bond acceptors (Lipinski definition) is 4. The highest BCUT2D eigenvalue weighted by Crippen LogP contribution is 2.41. The molecule has 134 valence electrons. The highest BCUT2D eigenvalue weighted by atomic mass is 35.5. The summed E-state index contributed by atoms with van der Waals surface area (Å²) in [6, 6.07) is 10.1. The average Bonchev–Trinajstić information content (AvgIpc) is 2.84. The summed E-state index contributed by atoms with van der Waals surface area (Å²) in [7, 11) is 0. The lowest BCUT2D eigenvalue weighted by molar-refractivity contribution is -0.119. The summed E-state index contributed by atoms with van der Waals surface area (Å²) in [5, 5.41) is 9.68. The Kier molecular flexibility index (Phi) is 5.67. The van der Waals surface area contributed by atoms with E-state index < -0.39 is 17.6 Å². The van der Waals surface area contributed by atoms with Crippen LogP contribution in [0.2, 0.25) is 10.0 Å². The van der Waals surface area contributed by atoms with Gasteiger partial charge in [-0.15, -0.1) is 11.8 Å². The van der Waals surface area contributed by atoms with Gasteiger partial charge in [-0.25, -0.2) is 9.29 Å². The van der Waals surface area contributed by atoms with Crippen molar-refractivity contribution in [1.82, 2.24) is 0 Å². The minimum absolute atomic E-state index is 0.0679. The zero-order chi connectivity index (χ0) is 18.8. The normalized spacial score (nSPS) is 14.5. The summed E-state index contributed by atoms with van der Waals surface area (Å²) < 4.78 is 14.2. The number of imide groups is 1. The zero-order valence-corrected chi connectivity index (χ0v) is 15.5. The van der Waals surface area contributed by atoms with Crippen molar-refractivity contribution in [1.29, 1.82) is 0 Å². The SMILES string of the molecule is O=C1C(SCCO)=C(c2ccc(Cl)cc2Cl)C(=O)N1c1ccccc1F. The highest BCUT2D eigenvalue weighted by molar-refractivity contribution is 8.04. The van der Waals surface area contributed by atoms with Crippen LogP contribution in [0.5, 0.6) is 0 Å². The highest BCUT2D eigenvalue weighted by Gasteiger charge is 2.41. The lowest BCUT2D eigenvalue weighted by Crippen LogP contribution is -2.32. The van der Waals surface area contributed by atoms with Crippen LogP contribution in [-0.2, 0) is 9.59 Å². The minimum atomic E-state index is -0.691. The van der Waals surface area contributed by atoms with Crippen molar-refractivity contribution in [3.8, 4) is 0 Å². The molecular formula is C18H12Cl2FNO3S. The molecule has 2 aromatic rings. The molecule has 3 rings (SSSR count). The van der Waals surface area contributed by atoms with Gasteiger partial charge in [0.05, 0.1) is 27.8 Å². The molecular weight excluding hydrogens is 400 g/mol. The number of aliphatic hydroxyl groups is 1. The fraction of sp³-hybridized carbons (Fsp3) is 0.111. The second-order valence-corrected chi connectivity index (χ2v) is 7.25. The molecule has 0 bridgehead atoms. The van der Waals surface area contributed by atoms with Crippen molar-refractivity contribution in [3.63, 3.8) is 0 Å². The molecule has 0 fully saturated rings. The van der Waals surface area contributed by atoms with Crippen LogP contribution in [0.25, 0.3) is 5.57 Å². The Morgan fingerprint density at radius 2 is 1.81 bits per heavy atom. The van der Waals surface area contributed by atoms with Gasteiger partial charge in [0.25, 0.3) is 11.8 Å². The molecule has 0 atom stereocenters. The molecule has 0 saturated heterocycles. The van der Waals surface area contributed by atoms with Gasteiger partial charge >= 0.3 is 0 Å². The maximum absolute atomic E-state index is 14.2. The number of para-hydroxylation sites is 1. The van der Waals surface area contributed by atoms with Crippen LogP contribution >= 0.6 is 35.0 Å². The zero-order valence-electron chi connectivity index (χ0n) is 13.2. The van der Waals surface area contributed by atoms with Gasteiger partial charge in [-0.05, 0) is 24.3 Å². The number of halogens is 3. The molecule has 0 spiro atoms. The lowest BCUT2D eigenvalue weighted by atomic mass is 10.1. The molecule has 2 amide bonds. The first-order valence-electron chi connectivity index (χ1n) is 7.52. The van der Waals surface area contributed by atoms with E-state index in [4.69, 9.17) is 28.3 Å². The Hall–Kier alpha value is -1.86. The summed E-state index contributed by atoms with van der Waals surface area (Å²) >= 11 is 13.1. The number of rotatable bonds is 5. The largest absolute Gasteiger partial charge is 0.396 e. The van der Waals surface area contributed by atoms with Gasteiger partial charge in [0.2, 0.25) is 0 Å². The third-order valence-electron chi connectivity index (χ3n) is 3.67. The second kappa shape index (κ2) is 7.80. The van der Waals surface area contributed by atoms with E-state index in [1.807, 2.05) is 0 Å². The second-order valence-electron chi connectivity index (χ2n) is 5.30. The molecule has 4 nitrogen and oxygen atoms in total. The molecule has 1 aliphatic heterocycles. The summed E-state index contributed by atoms with van der Waals surface area (Å²) in [6.45, 7) is -0.184. The number of nitrogens with zero attached hydrogens (tertiary/aromatic N) is 1. The first-order valence-corrected chi connectivity index (χ1v) is 9.26. The molecule has 0 aromatic heterocycles. The van der Waals surface area contributed by atoms with Crippen molar-refractivity contribution in [2.45, 2.75) is 0 Å². The Balaban J connectivity index is 2.14. The van der Waals surface area contributed by atoms with Crippen molar-refractivity contribution < 1.29 is 19.1 Å². The molecule has 0 radical (unpaired) electrons. The molecule has 1 heterocycles. The van der Waals surface area contributed by atoms with Crippen LogP contribution < -0.4 is 4.90 Å². The average molecular weight is 412 g/mol. The molecule has 1 aliphatic rings. The van der Waals surface area contributed by atoms with E-state index in [1.54, 1.807) is 6.07 Å². The first-order chi connectivity index (χ1) is 12.5. The van der Waals surface area contributed by atoms with Gasteiger partial charge in [0.15, 0.2) is 0 Å². The van der Waals surface area contributed by atoms with Crippen LogP contribution in [0, 0.1) is 5.82 Å². The Labute approximate surface area is 163 Å². The lowest BCUT2D eigenvalue weighted by Gasteiger charge is -2.16. The van der Waals surface area contributed by atoms with Gasteiger partial charge in [-0.2, -0.15) is 0 Å². The predicted octanol–water partition coefficient (Wildman–Crippen LogP) is 4.14. The van der Waals surface area contributed by atoms with Crippen LogP contribution in [-0.4, -0.2) is 29.3 Å². The number of carbonyl (C=O) groups is 2. The molecule has 8 heteroatoms. The fourth-order valence-corrected chi connectivity index (χ4v) is 3.93. The topological polar surface area (TPSA) is 57.6 Å². The third-order valence-corrected chi connectivity index (χ3v) is 5.27. The molecule has 1 N–H and O–H groups in total. The maximum atomic E-state index is 14.2. The van der Waals surface area contributed by atoms with E-state index in [1.165, 1.54) is 36.4 Å². The van der Waals surface area contributed by atoms with Crippen molar-refractivity contribution in [2.24, 2.45) is 0 Å². The number of benzene rings is 2. The predicted molar refractivity (Wildman–Crippen MR) is 102 cm³/mol. The Morgan fingerprint density at radius 1 is 1.08 bits per heavy atom. The van der Waals surface area contributed by atoms with E-state index in [0.29, 0.717) is 10.6 Å². The summed E-state index contributed by atoms with van der Waals surface area (Å²) in [5.74, 6) is -1.82. The van der Waals surface area contributed by atoms with Crippen molar-refractivity contribution >= 4 is 58.0 Å². The molecule has 0 saturated carbocycles. The van der Waals surface area contributed by atoms with E-state index >= 15 is 0 Å². The monoisotopic (exact) mass is 411 g/mol. The molecule has 26 heavy (non-hydrogen) atoms. The Morgan fingerprint density at radius 3 is 2.46 bits per heavy atom.